The monoisotopic (exact) mass is 175 g/mol. The van der Waals surface area contributed by atoms with Gasteiger partial charge in [0.05, 0.1) is 0 Å². The lowest BCUT2D eigenvalue weighted by atomic mass is 10.2. The van der Waals surface area contributed by atoms with Crippen molar-refractivity contribution in [2.75, 3.05) is 6.61 Å². The zero-order valence-corrected chi connectivity index (χ0v) is 6.77. The molecule has 0 rings (SSSR count). The molecule has 0 heterocycles. The molecule has 69 valence electrons. The molecule has 0 aliphatic carbocycles. The predicted octanol–water partition coefficient (Wildman–Crippen LogP) is -1.10. The highest BCUT2D eigenvalue weighted by Crippen LogP contribution is 1.93. The highest BCUT2D eigenvalue weighted by atomic mass is 16.4. The Labute approximate surface area is 71.3 Å². The van der Waals surface area contributed by atoms with Crippen LogP contribution in [0.15, 0.2) is 11.6 Å². The maximum absolute atomic E-state index is 10.1. The van der Waals surface area contributed by atoms with E-state index in [0.29, 0.717) is 6.42 Å². The summed E-state index contributed by atoms with van der Waals surface area (Å²) in [5.41, 5.74) is 0.282. The molecule has 0 unspecified atom stereocenters. The molecule has 0 aromatic carbocycles. The number of hydrogen-bond donors (Lipinski definition) is 4. The van der Waals surface area contributed by atoms with E-state index < -0.39 is 5.97 Å². The molecule has 0 aliphatic rings. The molecule has 0 amide bonds. The van der Waals surface area contributed by atoms with Gasteiger partial charge < -0.3 is 20.3 Å². The van der Waals surface area contributed by atoms with E-state index in [2.05, 4.69) is 0 Å². The van der Waals surface area contributed by atoms with Crippen molar-refractivity contribution < 1.29 is 25.1 Å². The number of aliphatic carboxylic acids is 1. The highest BCUT2D eigenvalue weighted by molar-refractivity contribution is 6.13. The Morgan fingerprint density at radius 2 is 1.92 bits per heavy atom. The first-order chi connectivity index (χ1) is 5.59. The molecule has 12 heavy (non-hydrogen) atoms. The number of carboxylic acids is 1. The number of carbonyl (C=O) groups is 1. The fourth-order valence-electron chi connectivity index (χ4n) is 0.368. The summed E-state index contributed by atoms with van der Waals surface area (Å²) in [4.78, 5) is 10.1. The quantitative estimate of drug-likeness (QED) is 0.322. The van der Waals surface area contributed by atoms with Gasteiger partial charge in [-0.05, 0) is 13.3 Å². The number of aliphatic hydroxyl groups excluding tert-OH is 1. The molecule has 0 spiro atoms. The second-order valence-corrected chi connectivity index (χ2v) is 1.82. The normalized spacial score (nSPS) is 9.83. The topological polar surface area (TPSA) is 98.0 Å². The van der Waals surface area contributed by atoms with E-state index >= 15 is 0 Å². The lowest BCUT2D eigenvalue weighted by Gasteiger charge is -1.89. The summed E-state index contributed by atoms with van der Waals surface area (Å²) in [5.74, 6) is -0.927. The summed E-state index contributed by atoms with van der Waals surface area (Å²) >= 11 is 0. The first-order valence-electron chi connectivity index (χ1n) is 3.21. The minimum Gasteiger partial charge on any atom is -0.478 e. The molecule has 4 N–H and O–H groups in total. The van der Waals surface area contributed by atoms with Gasteiger partial charge in [-0.1, -0.05) is 6.08 Å². The molecular formula is C6H12BO5. The van der Waals surface area contributed by atoms with Crippen molar-refractivity contribution in [3.8, 4) is 0 Å². The Morgan fingerprint density at radius 1 is 1.50 bits per heavy atom. The average molecular weight is 175 g/mol. The standard InChI is InChI=1S/C6H10O3.BH2O2/c1-5(6(8)9)3-2-4-7;2-1-3/h3,7H,2,4H2,1H3,(H,8,9);2-3H. The van der Waals surface area contributed by atoms with Crippen LogP contribution in [0.5, 0.6) is 0 Å². The van der Waals surface area contributed by atoms with Crippen LogP contribution in [-0.2, 0) is 4.79 Å². The fraction of sp³-hybridized carbons (Fsp3) is 0.500. The molecule has 0 bridgehead atoms. The van der Waals surface area contributed by atoms with E-state index in [0.717, 1.165) is 0 Å². The second kappa shape index (κ2) is 10.2. The summed E-state index contributed by atoms with van der Waals surface area (Å²) in [6.07, 6.45) is 1.90. The summed E-state index contributed by atoms with van der Waals surface area (Å²) < 4.78 is 0. The van der Waals surface area contributed by atoms with Crippen LogP contribution >= 0.6 is 0 Å². The van der Waals surface area contributed by atoms with Gasteiger partial charge in [0.15, 0.2) is 0 Å². The van der Waals surface area contributed by atoms with Gasteiger partial charge in [-0.2, -0.15) is 0 Å². The van der Waals surface area contributed by atoms with Gasteiger partial charge in [0.2, 0.25) is 0 Å². The van der Waals surface area contributed by atoms with E-state index in [1.54, 1.807) is 0 Å². The van der Waals surface area contributed by atoms with Crippen molar-refractivity contribution in [3.63, 3.8) is 0 Å². The predicted molar refractivity (Wildman–Crippen MR) is 43.3 cm³/mol. The zero-order chi connectivity index (χ0) is 9.98. The number of aliphatic hydroxyl groups is 1. The molecule has 0 atom stereocenters. The van der Waals surface area contributed by atoms with E-state index in [1.807, 2.05) is 0 Å². The van der Waals surface area contributed by atoms with E-state index in [1.165, 1.54) is 13.0 Å². The first kappa shape index (κ1) is 13.7. The summed E-state index contributed by atoms with van der Waals surface area (Å²) in [6.45, 7) is 1.50. The van der Waals surface area contributed by atoms with Gasteiger partial charge >= 0.3 is 13.7 Å². The number of carboxylic acid groups (broad SMARTS) is 1. The Balaban J connectivity index is 0. The fourth-order valence-corrected chi connectivity index (χ4v) is 0.368. The van der Waals surface area contributed by atoms with Gasteiger partial charge in [0.1, 0.15) is 0 Å². The van der Waals surface area contributed by atoms with E-state index in [4.69, 9.17) is 20.3 Å². The number of rotatable bonds is 3. The molecule has 0 saturated heterocycles. The lowest BCUT2D eigenvalue weighted by Crippen LogP contribution is -1.95. The second-order valence-electron chi connectivity index (χ2n) is 1.82. The Bertz CT molecular complexity index is 145. The Kier molecular flexibility index (Phi) is 11.6. The molecule has 0 aromatic rings. The maximum atomic E-state index is 10.1. The van der Waals surface area contributed by atoms with Crippen LogP contribution in [0, 0.1) is 0 Å². The van der Waals surface area contributed by atoms with Crippen LogP contribution in [0.2, 0.25) is 0 Å². The van der Waals surface area contributed by atoms with Crippen molar-refractivity contribution in [2.24, 2.45) is 0 Å². The van der Waals surface area contributed by atoms with Crippen molar-refractivity contribution >= 4 is 13.7 Å². The van der Waals surface area contributed by atoms with Crippen LogP contribution in [0.4, 0.5) is 0 Å². The SMILES string of the molecule is CC(=CCCO)C(=O)O.O[B]O. The third-order valence-electron chi connectivity index (χ3n) is 0.917. The van der Waals surface area contributed by atoms with Gasteiger partial charge in [-0.15, -0.1) is 0 Å². The molecule has 0 aromatic heterocycles. The molecular weight excluding hydrogens is 163 g/mol. The zero-order valence-electron chi connectivity index (χ0n) is 6.77. The van der Waals surface area contributed by atoms with Crippen LogP contribution in [0.3, 0.4) is 0 Å². The molecule has 5 nitrogen and oxygen atoms in total. The summed E-state index contributed by atoms with van der Waals surface area (Å²) in [7, 11) is 0. The maximum Gasteiger partial charge on any atom is 0.482 e. The summed E-state index contributed by atoms with van der Waals surface area (Å²) in [6, 6.07) is 0. The van der Waals surface area contributed by atoms with Crippen LogP contribution in [-0.4, -0.2) is 40.5 Å². The van der Waals surface area contributed by atoms with E-state index in [9.17, 15) is 4.79 Å². The molecule has 0 saturated carbocycles. The third kappa shape index (κ3) is 11.9. The Morgan fingerprint density at radius 3 is 2.17 bits per heavy atom. The van der Waals surface area contributed by atoms with Crippen molar-refractivity contribution in [3.05, 3.63) is 11.6 Å². The first-order valence-corrected chi connectivity index (χ1v) is 3.21. The van der Waals surface area contributed by atoms with E-state index in [-0.39, 0.29) is 19.9 Å². The van der Waals surface area contributed by atoms with Crippen LogP contribution in [0.25, 0.3) is 0 Å². The summed E-state index contributed by atoms with van der Waals surface area (Å²) in [5, 5.41) is 30.5. The van der Waals surface area contributed by atoms with Gasteiger partial charge in [-0.3, -0.25) is 0 Å². The van der Waals surface area contributed by atoms with Crippen molar-refractivity contribution in [2.45, 2.75) is 13.3 Å². The minimum atomic E-state index is -0.927. The smallest absolute Gasteiger partial charge is 0.478 e. The largest absolute Gasteiger partial charge is 0.482 e. The molecule has 0 fully saturated rings. The van der Waals surface area contributed by atoms with Gasteiger partial charge in [0, 0.05) is 12.2 Å². The Hall–Kier alpha value is -0.845. The molecule has 6 heteroatoms. The molecule has 1 radical (unpaired) electrons. The molecule has 0 aliphatic heterocycles. The minimum absolute atomic E-state index is 0. The highest BCUT2D eigenvalue weighted by Gasteiger charge is 1.96. The third-order valence-corrected chi connectivity index (χ3v) is 0.917. The number of hydrogen-bond acceptors (Lipinski definition) is 4. The lowest BCUT2D eigenvalue weighted by molar-refractivity contribution is -0.132. The van der Waals surface area contributed by atoms with Gasteiger partial charge in [-0.25, -0.2) is 4.79 Å². The average Bonchev–Trinajstić information content (AvgIpc) is 2.01. The van der Waals surface area contributed by atoms with Crippen LogP contribution in [0.1, 0.15) is 13.3 Å². The van der Waals surface area contributed by atoms with Crippen molar-refractivity contribution in [1.29, 1.82) is 0 Å². The van der Waals surface area contributed by atoms with Crippen LogP contribution < -0.4 is 0 Å². The van der Waals surface area contributed by atoms with Gasteiger partial charge in [0.25, 0.3) is 0 Å². The van der Waals surface area contributed by atoms with Crippen molar-refractivity contribution in [1.82, 2.24) is 0 Å².